The number of nitrogens with zero attached hydrogens (tertiary/aromatic N) is 3. The number of carbonyl (C=O) groups excluding carboxylic acids is 2. The Morgan fingerprint density at radius 3 is 2.70 bits per heavy atom. The average Bonchev–Trinajstić information content (AvgIpc) is 3.17. The molecule has 6 nitrogen and oxygen atoms in total. The number of hydrogen-bond donors (Lipinski definition) is 1. The molecule has 2 N–H and O–H groups in total. The van der Waals surface area contributed by atoms with Gasteiger partial charge in [0.15, 0.2) is 0 Å². The largest absolute Gasteiger partial charge is 0.366 e. The van der Waals surface area contributed by atoms with E-state index in [2.05, 4.69) is 16.8 Å². The Morgan fingerprint density at radius 1 is 1.33 bits per heavy atom. The molecule has 0 radical (unpaired) electrons. The molecule has 0 bridgehead atoms. The number of nitrogens with two attached hydrogens (primary N) is 1. The van der Waals surface area contributed by atoms with Crippen LogP contribution in [0.3, 0.4) is 0 Å². The Labute approximate surface area is 163 Å². The second-order valence-corrected chi connectivity index (χ2v) is 8.33. The maximum atomic E-state index is 13.1. The molecule has 142 valence electrons. The quantitative estimate of drug-likeness (QED) is 0.879. The van der Waals surface area contributed by atoms with Crippen molar-refractivity contribution in [3.05, 3.63) is 51.0 Å². The first kappa shape index (κ1) is 18.1. The summed E-state index contributed by atoms with van der Waals surface area (Å²) in [6.45, 7) is 6.94. The summed E-state index contributed by atoms with van der Waals surface area (Å²) in [5, 5.41) is 0. The van der Waals surface area contributed by atoms with Crippen molar-refractivity contribution >= 4 is 23.2 Å². The van der Waals surface area contributed by atoms with Crippen molar-refractivity contribution in [3.8, 4) is 0 Å². The summed E-state index contributed by atoms with van der Waals surface area (Å²) in [5.74, 6) is -0.590. The maximum absolute atomic E-state index is 13.1. The standard InChI is InChI=1S/C20H24N4O2S/c1-12-17(27-11-22-12)10-23-8-6-14(7-9-23)24-13(2)15-4-3-5-16(19(21)25)18(15)20(24)26/h3-5,11,13-14H,6-10H2,1-2H3,(H2,21,25). The van der Waals surface area contributed by atoms with Gasteiger partial charge in [0.1, 0.15) is 0 Å². The van der Waals surface area contributed by atoms with Crippen LogP contribution in [0.15, 0.2) is 23.7 Å². The first-order valence-electron chi connectivity index (χ1n) is 9.34. The highest BCUT2D eigenvalue weighted by Crippen LogP contribution is 2.38. The fourth-order valence-corrected chi connectivity index (χ4v) is 5.15. The van der Waals surface area contributed by atoms with Gasteiger partial charge in [0.05, 0.1) is 28.4 Å². The summed E-state index contributed by atoms with van der Waals surface area (Å²) in [7, 11) is 0. The van der Waals surface area contributed by atoms with Crippen LogP contribution in [0.4, 0.5) is 0 Å². The number of aromatic nitrogens is 1. The van der Waals surface area contributed by atoms with E-state index in [1.807, 2.05) is 29.5 Å². The van der Waals surface area contributed by atoms with Crippen molar-refractivity contribution < 1.29 is 9.59 Å². The number of piperidine rings is 1. The smallest absolute Gasteiger partial charge is 0.255 e. The van der Waals surface area contributed by atoms with Crippen molar-refractivity contribution in [2.45, 2.75) is 45.3 Å². The predicted molar refractivity (Wildman–Crippen MR) is 105 cm³/mol. The number of amides is 2. The first-order valence-corrected chi connectivity index (χ1v) is 10.2. The van der Waals surface area contributed by atoms with Crippen LogP contribution in [0.5, 0.6) is 0 Å². The number of carbonyl (C=O) groups is 2. The SMILES string of the molecule is Cc1ncsc1CN1CCC(N2C(=O)c3c(C(N)=O)cccc3C2C)CC1. The van der Waals surface area contributed by atoms with Crippen molar-refractivity contribution in [2.24, 2.45) is 5.73 Å². The molecule has 1 atom stereocenters. The van der Waals surface area contributed by atoms with Gasteiger partial charge in [0.2, 0.25) is 5.91 Å². The van der Waals surface area contributed by atoms with Gasteiger partial charge in [-0.3, -0.25) is 14.5 Å². The van der Waals surface area contributed by atoms with Crippen LogP contribution in [0.1, 0.15) is 62.7 Å². The minimum Gasteiger partial charge on any atom is -0.366 e. The molecule has 2 aliphatic rings. The van der Waals surface area contributed by atoms with E-state index < -0.39 is 5.91 Å². The molecule has 1 fully saturated rings. The summed E-state index contributed by atoms with van der Waals surface area (Å²) in [4.78, 5) is 34.9. The van der Waals surface area contributed by atoms with Crippen LogP contribution in [-0.4, -0.2) is 45.7 Å². The zero-order valence-electron chi connectivity index (χ0n) is 15.6. The zero-order chi connectivity index (χ0) is 19.1. The van der Waals surface area contributed by atoms with Crippen LogP contribution in [0.2, 0.25) is 0 Å². The van der Waals surface area contributed by atoms with E-state index in [-0.39, 0.29) is 18.0 Å². The summed E-state index contributed by atoms with van der Waals surface area (Å²) >= 11 is 1.70. The number of primary amides is 1. The minimum atomic E-state index is -0.538. The number of aryl methyl sites for hydroxylation is 1. The Hall–Kier alpha value is -2.25. The second kappa shape index (κ2) is 7.05. The fourth-order valence-electron chi connectivity index (χ4n) is 4.34. The van der Waals surface area contributed by atoms with Gasteiger partial charge < -0.3 is 10.6 Å². The summed E-state index contributed by atoms with van der Waals surface area (Å²) in [6, 6.07) is 5.57. The molecule has 1 unspecified atom stereocenters. The van der Waals surface area contributed by atoms with Crippen molar-refractivity contribution in [1.82, 2.24) is 14.8 Å². The number of likely N-dealkylation sites (tertiary alicyclic amines) is 1. The Bertz CT molecular complexity index is 886. The van der Waals surface area contributed by atoms with E-state index >= 15 is 0 Å². The topological polar surface area (TPSA) is 79.5 Å². The van der Waals surface area contributed by atoms with E-state index in [0.717, 1.165) is 43.7 Å². The highest BCUT2D eigenvalue weighted by molar-refractivity contribution is 7.09. The van der Waals surface area contributed by atoms with Gasteiger partial charge in [-0.2, -0.15) is 0 Å². The average molecular weight is 385 g/mol. The molecule has 1 aromatic heterocycles. The lowest BCUT2D eigenvalue weighted by Crippen LogP contribution is -2.45. The number of rotatable bonds is 4. The second-order valence-electron chi connectivity index (χ2n) is 7.39. The number of thiazole rings is 1. The van der Waals surface area contributed by atoms with Crippen LogP contribution in [0, 0.1) is 6.92 Å². The first-order chi connectivity index (χ1) is 13.0. The zero-order valence-corrected chi connectivity index (χ0v) is 16.5. The molecule has 7 heteroatoms. The molecule has 2 aromatic rings. The maximum Gasteiger partial charge on any atom is 0.255 e. The number of fused-ring (bicyclic) bond motifs is 1. The number of benzene rings is 1. The van der Waals surface area contributed by atoms with Crippen LogP contribution in [0.25, 0.3) is 0 Å². The van der Waals surface area contributed by atoms with E-state index in [1.54, 1.807) is 17.4 Å². The van der Waals surface area contributed by atoms with Crippen LogP contribution < -0.4 is 5.73 Å². The van der Waals surface area contributed by atoms with Crippen LogP contribution >= 0.6 is 11.3 Å². The third kappa shape index (κ3) is 3.15. The third-order valence-corrected chi connectivity index (χ3v) is 6.76. The molecule has 3 heterocycles. The molecule has 2 aliphatic heterocycles. The molecular weight excluding hydrogens is 360 g/mol. The Balaban J connectivity index is 1.47. The number of hydrogen-bond acceptors (Lipinski definition) is 5. The molecular formula is C20H24N4O2S. The molecule has 2 amide bonds. The highest BCUT2D eigenvalue weighted by atomic mass is 32.1. The van der Waals surface area contributed by atoms with Gasteiger partial charge in [0, 0.05) is 30.6 Å². The van der Waals surface area contributed by atoms with Gasteiger partial charge in [-0.05, 0) is 38.3 Å². The Kier molecular flexibility index (Phi) is 4.74. The lowest BCUT2D eigenvalue weighted by atomic mass is 9.99. The Morgan fingerprint density at radius 2 is 2.07 bits per heavy atom. The van der Waals surface area contributed by atoms with E-state index in [1.165, 1.54) is 4.88 Å². The van der Waals surface area contributed by atoms with Gasteiger partial charge in [0.25, 0.3) is 5.91 Å². The molecule has 1 saturated heterocycles. The normalized spacial score (nSPS) is 20.9. The summed E-state index contributed by atoms with van der Waals surface area (Å²) in [5.41, 5.74) is 10.3. The van der Waals surface area contributed by atoms with Gasteiger partial charge in [-0.25, -0.2) is 4.98 Å². The van der Waals surface area contributed by atoms with Gasteiger partial charge >= 0.3 is 0 Å². The van der Waals surface area contributed by atoms with Crippen molar-refractivity contribution in [2.75, 3.05) is 13.1 Å². The van der Waals surface area contributed by atoms with Crippen LogP contribution in [-0.2, 0) is 6.54 Å². The molecule has 1 aromatic carbocycles. The van der Waals surface area contributed by atoms with Gasteiger partial charge in [-0.1, -0.05) is 12.1 Å². The lowest BCUT2D eigenvalue weighted by Gasteiger charge is -2.38. The van der Waals surface area contributed by atoms with Crippen molar-refractivity contribution in [3.63, 3.8) is 0 Å². The fraction of sp³-hybridized carbons (Fsp3) is 0.450. The van der Waals surface area contributed by atoms with E-state index in [9.17, 15) is 9.59 Å². The van der Waals surface area contributed by atoms with Gasteiger partial charge in [-0.15, -0.1) is 11.3 Å². The minimum absolute atomic E-state index is 0.0212. The highest BCUT2D eigenvalue weighted by Gasteiger charge is 2.41. The van der Waals surface area contributed by atoms with Crippen molar-refractivity contribution in [1.29, 1.82) is 0 Å². The lowest BCUT2D eigenvalue weighted by molar-refractivity contribution is 0.0511. The molecule has 4 rings (SSSR count). The molecule has 0 spiro atoms. The summed E-state index contributed by atoms with van der Waals surface area (Å²) in [6.07, 6.45) is 1.88. The monoisotopic (exact) mass is 384 g/mol. The van der Waals surface area contributed by atoms with E-state index in [4.69, 9.17) is 5.73 Å². The summed E-state index contributed by atoms with van der Waals surface area (Å²) < 4.78 is 0. The third-order valence-electron chi connectivity index (χ3n) is 5.84. The molecule has 0 aliphatic carbocycles. The van der Waals surface area contributed by atoms with E-state index in [0.29, 0.717) is 11.1 Å². The molecule has 27 heavy (non-hydrogen) atoms. The molecule has 0 saturated carbocycles. The predicted octanol–water partition coefficient (Wildman–Crippen LogP) is 2.73.